The van der Waals surface area contributed by atoms with Gasteiger partial charge in [0.15, 0.2) is 0 Å². The Hall–Kier alpha value is -1.57. The summed E-state index contributed by atoms with van der Waals surface area (Å²) in [7, 11) is 1.51. The number of anilines is 2. The van der Waals surface area contributed by atoms with Crippen LogP contribution in [0.15, 0.2) is 6.07 Å². The second-order valence-electron chi connectivity index (χ2n) is 4.32. The normalized spacial score (nSPS) is 19.5. The van der Waals surface area contributed by atoms with Crippen LogP contribution in [0.1, 0.15) is 12.2 Å². The van der Waals surface area contributed by atoms with Gasteiger partial charge in [0.1, 0.15) is 11.6 Å². The lowest BCUT2D eigenvalue weighted by Crippen LogP contribution is -2.18. The van der Waals surface area contributed by atoms with E-state index in [0.29, 0.717) is 25.7 Å². The van der Waals surface area contributed by atoms with E-state index in [2.05, 4.69) is 20.6 Å². The Kier molecular flexibility index (Phi) is 4.08. The molecular weight excluding hydrogens is 261 g/mol. The molecule has 1 aliphatic heterocycles. The van der Waals surface area contributed by atoms with Crippen LogP contribution in [0.5, 0.6) is 0 Å². The lowest BCUT2D eigenvalue weighted by Gasteiger charge is -2.13. The number of ether oxygens (including phenoxy) is 1. The third kappa shape index (κ3) is 3.69. The van der Waals surface area contributed by atoms with Crippen LogP contribution >= 0.6 is 0 Å². The van der Waals surface area contributed by atoms with Crippen molar-refractivity contribution in [2.75, 3.05) is 37.4 Å². The molecule has 1 fully saturated rings. The number of aromatic nitrogens is 2. The highest BCUT2D eigenvalue weighted by atomic mass is 19.4. The van der Waals surface area contributed by atoms with Crippen molar-refractivity contribution in [3.8, 4) is 0 Å². The van der Waals surface area contributed by atoms with Crippen LogP contribution in [0, 0.1) is 5.92 Å². The number of hydrogen-bond donors (Lipinski definition) is 2. The summed E-state index contributed by atoms with van der Waals surface area (Å²) in [6.07, 6.45) is -3.65. The standard InChI is InChI=1S/C11H15F3N4O/c1-15-8-4-9(16-5-7-2-3-19-6-7)18-10(17-8)11(12,13)14/h4,7H,2-3,5-6H2,1H3,(H2,15,16,17,18). The number of halogens is 3. The summed E-state index contributed by atoms with van der Waals surface area (Å²) >= 11 is 0. The molecule has 2 heterocycles. The molecule has 0 radical (unpaired) electrons. The van der Waals surface area contributed by atoms with Gasteiger partial charge in [-0.25, -0.2) is 9.97 Å². The van der Waals surface area contributed by atoms with Gasteiger partial charge in [-0.15, -0.1) is 0 Å². The van der Waals surface area contributed by atoms with E-state index in [0.717, 1.165) is 6.42 Å². The molecule has 1 atom stereocenters. The number of hydrogen-bond acceptors (Lipinski definition) is 5. The quantitative estimate of drug-likeness (QED) is 0.880. The van der Waals surface area contributed by atoms with Crippen molar-refractivity contribution in [1.82, 2.24) is 9.97 Å². The average molecular weight is 276 g/mol. The fourth-order valence-electron chi connectivity index (χ4n) is 1.79. The number of nitrogens with zero attached hydrogens (tertiary/aromatic N) is 2. The Labute approximate surface area is 108 Å². The van der Waals surface area contributed by atoms with Gasteiger partial charge in [-0.2, -0.15) is 13.2 Å². The van der Waals surface area contributed by atoms with Gasteiger partial charge in [0, 0.05) is 32.2 Å². The Balaban J connectivity index is 2.10. The summed E-state index contributed by atoms with van der Waals surface area (Å²) in [6.45, 7) is 1.87. The molecule has 106 valence electrons. The molecule has 0 spiro atoms. The van der Waals surface area contributed by atoms with Gasteiger partial charge in [0.05, 0.1) is 6.61 Å². The predicted octanol–water partition coefficient (Wildman–Crippen LogP) is 1.99. The van der Waals surface area contributed by atoms with E-state index in [1.54, 1.807) is 0 Å². The molecule has 2 N–H and O–H groups in total. The topological polar surface area (TPSA) is 59.1 Å². The van der Waals surface area contributed by atoms with Crippen LogP contribution in [0.4, 0.5) is 24.8 Å². The Morgan fingerprint density at radius 2 is 2.11 bits per heavy atom. The first-order chi connectivity index (χ1) is 8.99. The molecule has 0 aromatic carbocycles. The van der Waals surface area contributed by atoms with Gasteiger partial charge >= 0.3 is 6.18 Å². The molecule has 1 unspecified atom stereocenters. The van der Waals surface area contributed by atoms with E-state index in [4.69, 9.17) is 4.74 Å². The molecule has 1 aromatic heterocycles. The average Bonchev–Trinajstić information content (AvgIpc) is 2.88. The predicted molar refractivity (Wildman–Crippen MR) is 64.0 cm³/mol. The summed E-state index contributed by atoms with van der Waals surface area (Å²) in [5.41, 5.74) is 0. The van der Waals surface area contributed by atoms with Crippen LogP contribution in [-0.2, 0) is 10.9 Å². The van der Waals surface area contributed by atoms with Gasteiger partial charge in [-0.3, -0.25) is 0 Å². The molecule has 2 rings (SSSR count). The summed E-state index contributed by atoms with van der Waals surface area (Å²) in [5, 5.41) is 5.49. The maximum absolute atomic E-state index is 12.6. The van der Waals surface area contributed by atoms with E-state index in [1.807, 2.05) is 0 Å². The third-order valence-corrected chi connectivity index (χ3v) is 2.83. The van der Waals surface area contributed by atoms with E-state index in [9.17, 15) is 13.2 Å². The summed E-state index contributed by atoms with van der Waals surface area (Å²) in [4.78, 5) is 6.88. The molecule has 0 aliphatic carbocycles. The van der Waals surface area contributed by atoms with Crippen LogP contribution in [-0.4, -0.2) is 36.8 Å². The molecule has 1 aliphatic rings. The zero-order valence-corrected chi connectivity index (χ0v) is 10.4. The van der Waals surface area contributed by atoms with Crippen molar-refractivity contribution in [1.29, 1.82) is 0 Å². The zero-order chi connectivity index (χ0) is 13.9. The van der Waals surface area contributed by atoms with E-state index in [1.165, 1.54) is 13.1 Å². The van der Waals surface area contributed by atoms with E-state index < -0.39 is 12.0 Å². The van der Waals surface area contributed by atoms with Crippen molar-refractivity contribution < 1.29 is 17.9 Å². The first-order valence-corrected chi connectivity index (χ1v) is 5.94. The number of alkyl halides is 3. The lowest BCUT2D eigenvalue weighted by molar-refractivity contribution is -0.144. The van der Waals surface area contributed by atoms with Crippen molar-refractivity contribution >= 4 is 11.6 Å². The fourth-order valence-corrected chi connectivity index (χ4v) is 1.79. The van der Waals surface area contributed by atoms with Crippen molar-refractivity contribution in [3.63, 3.8) is 0 Å². The molecule has 19 heavy (non-hydrogen) atoms. The Morgan fingerprint density at radius 1 is 1.37 bits per heavy atom. The molecule has 0 saturated carbocycles. The minimum atomic E-state index is -4.56. The Morgan fingerprint density at radius 3 is 2.68 bits per heavy atom. The minimum Gasteiger partial charge on any atom is -0.381 e. The van der Waals surface area contributed by atoms with Gasteiger partial charge in [0.25, 0.3) is 0 Å². The second-order valence-corrected chi connectivity index (χ2v) is 4.32. The second kappa shape index (κ2) is 5.60. The maximum atomic E-state index is 12.6. The smallest absolute Gasteiger partial charge is 0.381 e. The Bertz CT molecular complexity index is 432. The minimum absolute atomic E-state index is 0.132. The van der Waals surface area contributed by atoms with Gasteiger partial charge in [-0.1, -0.05) is 0 Å². The molecule has 8 heteroatoms. The lowest BCUT2D eigenvalue weighted by atomic mass is 10.1. The fraction of sp³-hybridized carbons (Fsp3) is 0.636. The largest absolute Gasteiger partial charge is 0.451 e. The first-order valence-electron chi connectivity index (χ1n) is 5.94. The molecule has 1 aromatic rings. The third-order valence-electron chi connectivity index (χ3n) is 2.83. The van der Waals surface area contributed by atoms with E-state index in [-0.39, 0.29) is 11.6 Å². The van der Waals surface area contributed by atoms with Crippen LogP contribution in [0.25, 0.3) is 0 Å². The van der Waals surface area contributed by atoms with E-state index >= 15 is 0 Å². The summed E-state index contributed by atoms with van der Waals surface area (Å²) < 4.78 is 43.1. The number of rotatable bonds is 4. The SMILES string of the molecule is CNc1cc(NCC2CCOC2)nc(C(F)(F)F)n1. The van der Waals surface area contributed by atoms with Crippen molar-refractivity contribution in [3.05, 3.63) is 11.9 Å². The summed E-state index contributed by atoms with van der Waals surface area (Å²) in [6, 6.07) is 1.45. The first kappa shape index (κ1) is 13.9. The van der Waals surface area contributed by atoms with Gasteiger partial charge < -0.3 is 15.4 Å². The van der Waals surface area contributed by atoms with Crippen LogP contribution < -0.4 is 10.6 Å². The van der Waals surface area contributed by atoms with Gasteiger partial charge in [-0.05, 0) is 6.42 Å². The van der Waals surface area contributed by atoms with Crippen molar-refractivity contribution in [2.24, 2.45) is 5.92 Å². The molecule has 0 bridgehead atoms. The highest BCUT2D eigenvalue weighted by molar-refractivity contribution is 5.47. The summed E-state index contributed by atoms with van der Waals surface area (Å²) in [5.74, 6) is -0.544. The van der Waals surface area contributed by atoms with Crippen molar-refractivity contribution in [2.45, 2.75) is 12.6 Å². The molecule has 5 nitrogen and oxygen atoms in total. The molecule has 0 amide bonds. The van der Waals surface area contributed by atoms with Gasteiger partial charge in [0.2, 0.25) is 5.82 Å². The monoisotopic (exact) mass is 276 g/mol. The molecular formula is C11H15F3N4O. The highest BCUT2D eigenvalue weighted by Crippen LogP contribution is 2.28. The van der Waals surface area contributed by atoms with Crippen LogP contribution in [0.2, 0.25) is 0 Å². The maximum Gasteiger partial charge on any atom is 0.451 e. The zero-order valence-electron chi connectivity index (χ0n) is 10.4. The molecule has 1 saturated heterocycles. The van der Waals surface area contributed by atoms with Crippen LogP contribution in [0.3, 0.4) is 0 Å². The number of nitrogens with one attached hydrogen (secondary N) is 2. The highest BCUT2D eigenvalue weighted by Gasteiger charge is 2.35.